The van der Waals surface area contributed by atoms with Crippen LogP contribution in [0.2, 0.25) is 10.2 Å². The van der Waals surface area contributed by atoms with Gasteiger partial charge in [-0.2, -0.15) is 0 Å². The molecule has 4 aromatic rings. The number of ether oxygens (including phenoxy) is 2. The molecule has 8 nitrogen and oxygen atoms in total. The predicted octanol–water partition coefficient (Wildman–Crippen LogP) is 6.27. The minimum Gasteiger partial charge on any atom is -0.495 e. The summed E-state index contributed by atoms with van der Waals surface area (Å²) in [6, 6.07) is 11.9. The number of benzene rings is 2. The third kappa shape index (κ3) is 5.55. The second kappa shape index (κ2) is 10.3. The molecule has 1 aliphatic rings. The summed E-state index contributed by atoms with van der Waals surface area (Å²) < 4.78 is 27.7. The molecule has 1 saturated heterocycles. The van der Waals surface area contributed by atoms with Crippen molar-refractivity contribution in [1.29, 1.82) is 0 Å². The van der Waals surface area contributed by atoms with E-state index in [1.165, 1.54) is 13.2 Å². The molecule has 1 fully saturated rings. The van der Waals surface area contributed by atoms with Crippen LogP contribution in [0.1, 0.15) is 46.1 Å². The Balaban J connectivity index is 1.26. The standard InChI is InChI=1S/C27H29Cl2FN6O2/c1-26(2)14-17(36-25-22(31-35-36)13-24(29)32-33-25)15-27(3,34-26)9-10-38-18-7-5-16(6-8-18)19-11-23(37-4)20(28)12-21(19)30/h5-8,11-13,17,34H,9-10,14-15H2,1-4H3. The van der Waals surface area contributed by atoms with Crippen molar-refractivity contribution >= 4 is 34.4 Å². The average molecular weight is 559 g/mol. The monoisotopic (exact) mass is 558 g/mol. The zero-order chi connectivity index (χ0) is 27.1. The Labute approximate surface area is 230 Å². The molecule has 200 valence electrons. The number of nitrogens with one attached hydrogen (secondary N) is 1. The van der Waals surface area contributed by atoms with E-state index >= 15 is 0 Å². The lowest BCUT2D eigenvalue weighted by molar-refractivity contribution is 0.0949. The number of hydrogen-bond acceptors (Lipinski definition) is 7. The molecule has 0 saturated carbocycles. The van der Waals surface area contributed by atoms with Crippen molar-refractivity contribution < 1.29 is 13.9 Å². The molecule has 1 aliphatic heterocycles. The first-order chi connectivity index (χ1) is 18.1. The van der Waals surface area contributed by atoms with Crippen LogP contribution in [0.4, 0.5) is 4.39 Å². The smallest absolute Gasteiger partial charge is 0.201 e. The SMILES string of the molecule is COc1cc(-c2ccc(OCCC3(C)CC(n4nnc5cc(Cl)nnc54)CC(C)(C)N3)cc2)c(F)cc1Cl. The van der Waals surface area contributed by atoms with Gasteiger partial charge in [-0.25, -0.2) is 9.07 Å². The van der Waals surface area contributed by atoms with Crippen LogP contribution in [0, 0.1) is 5.82 Å². The molecule has 0 amide bonds. The highest BCUT2D eigenvalue weighted by molar-refractivity contribution is 6.32. The van der Waals surface area contributed by atoms with Gasteiger partial charge in [-0.3, -0.25) is 0 Å². The van der Waals surface area contributed by atoms with Crippen LogP contribution >= 0.6 is 23.2 Å². The zero-order valence-electron chi connectivity index (χ0n) is 21.6. The van der Waals surface area contributed by atoms with Crippen molar-refractivity contribution in [3.63, 3.8) is 0 Å². The highest BCUT2D eigenvalue weighted by Gasteiger charge is 2.42. The number of aromatic nitrogens is 5. The van der Waals surface area contributed by atoms with Crippen LogP contribution in [-0.2, 0) is 0 Å². The van der Waals surface area contributed by atoms with Gasteiger partial charge in [0.15, 0.2) is 5.15 Å². The summed E-state index contributed by atoms with van der Waals surface area (Å²) in [4.78, 5) is 0. The highest BCUT2D eigenvalue weighted by atomic mass is 35.5. The van der Waals surface area contributed by atoms with E-state index in [2.05, 4.69) is 46.6 Å². The Bertz CT molecular complexity index is 1460. The van der Waals surface area contributed by atoms with Gasteiger partial charge in [0.25, 0.3) is 0 Å². The Morgan fingerprint density at radius 3 is 2.55 bits per heavy atom. The molecule has 2 unspecified atom stereocenters. The molecule has 0 bridgehead atoms. The fourth-order valence-electron chi connectivity index (χ4n) is 5.44. The quantitative estimate of drug-likeness (QED) is 0.286. The van der Waals surface area contributed by atoms with Crippen LogP contribution in [0.25, 0.3) is 22.3 Å². The van der Waals surface area contributed by atoms with Gasteiger partial charge < -0.3 is 14.8 Å². The first kappa shape index (κ1) is 26.6. The maximum Gasteiger partial charge on any atom is 0.201 e. The summed E-state index contributed by atoms with van der Waals surface area (Å²) in [7, 11) is 1.50. The number of fused-ring (bicyclic) bond motifs is 1. The molecular formula is C27H29Cl2FN6O2. The molecular weight excluding hydrogens is 530 g/mol. The normalized spacial score (nSPS) is 21.0. The topological polar surface area (TPSA) is 87.0 Å². The van der Waals surface area contributed by atoms with Crippen molar-refractivity contribution in [1.82, 2.24) is 30.5 Å². The average Bonchev–Trinajstić information content (AvgIpc) is 3.27. The van der Waals surface area contributed by atoms with Crippen molar-refractivity contribution in [3.8, 4) is 22.6 Å². The fraction of sp³-hybridized carbons (Fsp3) is 0.407. The summed E-state index contributed by atoms with van der Waals surface area (Å²) >= 11 is 12.0. The summed E-state index contributed by atoms with van der Waals surface area (Å²) in [6.07, 6.45) is 2.45. The lowest BCUT2D eigenvalue weighted by Gasteiger charge is -2.48. The van der Waals surface area contributed by atoms with Gasteiger partial charge in [0, 0.05) is 22.7 Å². The lowest BCUT2D eigenvalue weighted by Crippen LogP contribution is -2.60. The summed E-state index contributed by atoms with van der Waals surface area (Å²) in [5.41, 5.74) is 2.03. The van der Waals surface area contributed by atoms with Crippen molar-refractivity contribution in [2.45, 2.75) is 57.2 Å². The van der Waals surface area contributed by atoms with E-state index in [9.17, 15) is 4.39 Å². The van der Waals surface area contributed by atoms with Crippen molar-refractivity contribution in [2.75, 3.05) is 13.7 Å². The van der Waals surface area contributed by atoms with Crippen LogP contribution in [0.3, 0.4) is 0 Å². The Hall–Kier alpha value is -3.01. The molecule has 38 heavy (non-hydrogen) atoms. The minimum absolute atomic E-state index is 0.0854. The molecule has 11 heteroatoms. The van der Waals surface area contributed by atoms with E-state index in [0.29, 0.717) is 45.5 Å². The zero-order valence-corrected chi connectivity index (χ0v) is 23.1. The Kier molecular flexibility index (Phi) is 7.19. The predicted molar refractivity (Wildman–Crippen MR) is 146 cm³/mol. The molecule has 2 atom stereocenters. The van der Waals surface area contributed by atoms with Gasteiger partial charge in [0.1, 0.15) is 22.8 Å². The van der Waals surface area contributed by atoms with Gasteiger partial charge in [-0.1, -0.05) is 40.5 Å². The number of halogens is 3. The third-order valence-electron chi connectivity index (χ3n) is 6.94. The minimum atomic E-state index is -0.410. The van der Waals surface area contributed by atoms with E-state index in [-0.39, 0.29) is 22.1 Å². The number of hydrogen-bond donors (Lipinski definition) is 1. The van der Waals surface area contributed by atoms with Crippen LogP contribution in [0.15, 0.2) is 42.5 Å². The summed E-state index contributed by atoms with van der Waals surface area (Å²) in [5.74, 6) is 0.722. The molecule has 1 N–H and O–H groups in total. The number of nitrogens with zero attached hydrogens (tertiary/aromatic N) is 5. The molecule has 0 spiro atoms. The van der Waals surface area contributed by atoms with Crippen molar-refractivity contribution in [2.24, 2.45) is 0 Å². The number of methoxy groups -OCH3 is 1. The molecule has 2 aromatic carbocycles. The molecule has 5 rings (SSSR count). The highest BCUT2D eigenvalue weighted by Crippen LogP contribution is 2.39. The van der Waals surface area contributed by atoms with E-state index in [1.54, 1.807) is 12.1 Å². The second-order valence-corrected chi connectivity index (χ2v) is 11.4. The first-order valence-corrected chi connectivity index (χ1v) is 13.1. The Morgan fingerprint density at radius 1 is 1.05 bits per heavy atom. The van der Waals surface area contributed by atoms with Gasteiger partial charge in [-0.05, 0) is 69.9 Å². The number of rotatable bonds is 7. The third-order valence-corrected chi connectivity index (χ3v) is 7.42. The van der Waals surface area contributed by atoms with Crippen molar-refractivity contribution in [3.05, 3.63) is 58.5 Å². The molecule has 3 heterocycles. The maximum absolute atomic E-state index is 14.5. The molecule has 0 radical (unpaired) electrons. The van der Waals surface area contributed by atoms with E-state index < -0.39 is 5.82 Å². The van der Waals surface area contributed by atoms with Gasteiger partial charge in [-0.15, -0.1) is 15.3 Å². The maximum atomic E-state index is 14.5. The van der Waals surface area contributed by atoms with E-state index in [4.69, 9.17) is 32.7 Å². The van der Waals surface area contributed by atoms with Crippen LogP contribution in [0.5, 0.6) is 11.5 Å². The van der Waals surface area contributed by atoms with Gasteiger partial charge >= 0.3 is 0 Å². The molecule has 0 aliphatic carbocycles. The first-order valence-electron chi connectivity index (χ1n) is 12.4. The van der Waals surface area contributed by atoms with Crippen LogP contribution < -0.4 is 14.8 Å². The second-order valence-electron chi connectivity index (χ2n) is 10.6. The number of piperidine rings is 1. The van der Waals surface area contributed by atoms with Gasteiger partial charge in [0.2, 0.25) is 5.65 Å². The summed E-state index contributed by atoms with van der Waals surface area (Å²) in [5, 5.41) is 21.2. The van der Waals surface area contributed by atoms with E-state index in [0.717, 1.165) is 19.3 Å². The van der Waals surface area contributed by atoms with Crippen LogP contribution in [-0.4, -0.2) is 50.0 Å². The lowest BCUT2D eigenvalue weighted by atomic mass is 9.77. The largest absolute Gasteiger partial charge is 0.495 e. The Morgan fingerprint density at radius 2 is 1.82 bits per heavy atom. The molecule has 2 aromatic heterocycles. The fourth-order valence-corrected chi connectivity index (χ4v) is 5.81. The van der Waals surface area contributed by atoms with Gasteiger partial charge in [0.05, 0.1) is 24.8 Å². The van der Waals surface area contributed by atoms with E-state index in [1.807, 2.05) is 28.9 Å². The summed E-state index contributed by atoms with van der Waals surface area (Å²) in [6.45, 7) is 7.07.